The minimum absolute atomic E-state index is 0.0567. The first-order valence-electron chi connectivity index (χ1n) is 7.81. The fourth-order valence-corrected chi connectivity index (χ4v) is 4.02. The van der Waals surface area contributed by atoms with Gasteiger partial charge in [0.1, 0.15) is 0 Å². The second kappa shape index (κ2) is 6.75. The Balaban J connectivity index is 1.47. The molecule has 0 spiro atoms. The minimum atomic E-state index is 0.0567. The van der Waals surface area contributed by atoms with E-state index < -0.39 is 0 Å². The summed E-state index contributed by atoms with van der Waals surface area (Å²) < 4.78 is 5.76. The molecule has 0 saturated carbocycles. The van der Waals surface area contributed by atoms with Gasteiger partial charge in [0.05, 0.1) is 17.2 Å². The molecule has 0 aliphatic carbocycles. The van der Waals surface area contributed by atoms with Crippen molar-refractivity contribution in [1.82, 2.24) is 15.2 Å². The van der Waals surface area contributed by atoms with Gasteiger partial charge in [-0.15, -0.1) is 11.3 Å². The van der Waals surface area contributed by atoms with Crippen LogP contribution in [0.25, 0.3) is 0 Å². The number of carbonyl (C=O) groups excluding carboxylic acids is 1. The molecule has 2 amide bonds. The van der Waals surface area contributed by atoms with Crippen LogP contribution >= 0.6 is 11.3 Å². The maximum absolute atomic E-state index is 12.4. The van der Waals surface area contributed by atoms with Crippen molar-refractivity contribution in [2.24, 2.45) is 0 Å². The molecular weight excluding hydrogens is 286 g/mol. The third-order valence-corrected chi connectivity index (χ3v) is 5.21. The Labute approximate surface area is 129 Å². The molecule has 2 saturated heterocycles. The van der Waals surface area contributed by atoms with E-state index in [1.165, 1.54) is 4.88 Å². The number of ether oxygens (including phenoxy) is 1. The summed E-state index contributed by atoms with van der Waals surface area (Å²) in [5.41, 5.74) is 0. The molecule has 21 heavy (non-hydrogen) atoms. The highest BCUT2D eigenvalue weighted by atomic mass is 32.1. The second-order valence-electron chi connectivity index (χ2n) is 5.80. The molecule has 2 atom stereocenters. The van der Waals surface area contributed by atoms with E-state index in [1.54, 1.807) is 11.3 Å². The van der Waals surface area contributed by atoms with Crippen LogP contribution in [0.2, 0.25) is 0 Å². The van der Waals surface area contributed by atoms with Gasteiger partial charge in [-0.1, -0.05) is 0 Å². The second-order valence-corrected chi connectivity index (χ2v) is 7.12. The Morgan fingerprint density at radius 3 is 3.14 bits per heavy atom. The standard InChI is InChI=1S/C15H23N3O2S/c1-11-10-17-14(21-11)6-7-16-15(19)18-8-2-4-12(18)13-5-3-9-20-13/h10,12-13H,2-9H2,1H3,(H,16,19)/t12-,13-/m0/s1. The van der Waals surface area contributed by atoms with Crippen LogP contribution in [0.4, 0.5) is 4.79 Å². The topological polar surface area (TPSA) is 54.5 Å². The molecule has 0 aromatic carbocycles. The van der Waals surface area contributed by atoms with E-state index in [4.69, 9.17) is 4.74 Å². The summed E-state index contributed by atoms with van der Waals surface area (Å²) in [5.74, 6) is 0. The Morgan fingerprint density at radius 2 is 2.43 bits per heavy atom. The highest BCUT2D eigenvalue weighted by molar-refractivity contribution is 7.11. The molecule has 1 aromatic heterocycles. The van der Waals surface area contributed by atoms with Gasteiger partial charge in [-0.25, -0.2) is 9.78 Å². The third kappa shape index (κ3) is 3.55. The SMILES string of the molecule is Cc1cnc(CCNC(=O)N2CCC[C@H]2[C@@H]2CCCO2)s1. The normalized spacial score (nSPS) is 25.5. The first-order chi connectivity index (χ1) is 10.2. The number of carbonyl (C=O) groups is 1. The Morgan fingerprint density at radius 1 is 1.52 bits per heavy atom. The molecule has 5 nitrogen and oxygen atoms in total. The fraction of sp³-hybridized carbons (Fsp3) is 0.733. The Hall–Kier alpha value is -1.14. The molecule has 0 unspecified atom stereocenters. The van der Waals surface area contributed by atoms with Crippen molar-refractivity contribution in [2.45, 2.75) is 51.2 Å². The monoisotopic (exact) mass is 309 g/mol. The summed E-state index contributed by atoms with van der Waals surface area (Å²) in [4.78, 5) is 19.9. The van der Waals surface area contributed by atoms with Crippen molar-refractivity contribution >= 4 is 17.4 Å². The van der Waals surface area contributed by atoms with Crippen molar-refractivity contribution in [3.8, 4) is 0 Å². The fourth-order valence-electron chi connectivity index (χ4n) is 3.23. The van der Waals surface area contributed by atoms with E-state index in [2.05, 4.69) is 17.2 Å². The molecule has 3 rings (SSSR count). The zero-order valence-corrected chi connectivity index (χ0v) is 13.3. The van der Waals surface area contributed by atoms with Crippen LogP contribution in [0.1, 0.15) is 35.6 Å². The number of hydrogen-bond donors (Lipinski definition) is 1. The number of nitrogens with one attached hydrogen (secondary N) is 1. The number of amides is 2. The highest BCUT2D eigenvalue weighted by Crippen LogP contribution is 2.27. The van der Waals surface area contributed by atoms with Gasteiger partial charge in [0.25, 0.3) is 0 Å². The van der Waals surface area contributed by atoms with Crippen LogP contribution < -0.4 is 5.32 Å². The van der Waals surface area contributed by atoms with Gasteiger partial charge in [0.2, 0.25) is 0 Å². The van der Waals surface area contributed by atoms with Gasteiger partial charge >= 0.3 is 6.03 Å². The lowest BCUT2D eigenvalue weighted by Gasteiger charge is -2.28. The van der Waals surface area contributed by atoms with Gasteiger partial charge in [0.15, 0.2) is 0 Å². The largest absolute Gasteiger partial charge is 0.376 e. The van der Waals surface area contributed by atoms with Crippen LogP contribution in [0.5, 0.6) is 0 Å². The van der Waals surface area contributed by atoms with Crippen LogP contribution in [0, 0.1) is 6.92 Å². The van der Waals surface area contributed by atoms with E-state index in [9.17, 15) is 4.79 Å². The predicted molar refractivity (Wildman–Crippen MR) is 82.7 cm³/mol. The number of rotatable bonds is 4. The Kier molecular flexibility index (Phi) is 4.75. The molecule has 0 bridgehead atoms. The molecular formula is C15H23N3O2S. The Bertz CT molecular complexity index is 485. The number of nitrogens with zero attached hydrogens (tertiary/aromatic N) is 2. The van der Waals surface area contributed by atoms with Crippen LogP contribution in [0.3, 0.4) is 0 Å². The van der Waals surface area contributed by atoms with Crippen molar-refractivity contribution in [2.75, 3.05) is 19.7 Å². The first kappa shape index (κ1) is 14.8. The van der Waals surface area contributed by atoms with Gasteiger partial charge in [-0.05, 0) is 32.6 Å². The minimum Gasteiger partial charge on any atom is -0.376 e. The number of hydrogen-bond acceptors (Lipinski definition) is 4. The number of aryl methyl sites for hydroxylation is 1. The molecule has 116 valence electrons. The highest BCUT2D eigenvalue weighted by Gasteiger charge is 2.36. The van der Waals surface area contributed by atoms with E-state index in [-0.39, 0.29) is 18.2 Å². The van der Waals surface area contributed by atoms with Crippen LogP contribution in [0.15, 0.2) is 6.20 Å². The van der Waals surface area contributed by atoms with Crippen molar-refractivity contribution in [3.05, 3.63) is 16.1 Å². The summed E-state index contributed by atoms with van der Waals surface area (Å²) >= 11 is 1.70. The molecule has 0 radical (unpaired) electrons. The third-order valence-electron chi connectivity index (χ3n) is 4.24. The number of urea groups is 1. The lowest BCUT2D eigenvalue weighted by Crippen LogP contribution is -2.47. The lowest BCUT2D eigenvalue weighted by atomic mass is 10.1. The summed E-state index contributed by atoms with van der Waals surface area (Å²) in [6, 6.07) is 0.330. The molecule has 1 aromatic rings. The van der Waals surface area contributed by atoms with Gasteiger partial charge in [0, 0.05) is 37.2 Å². The molecule has 2 aliphatic heterocycles. The summed E-state index contributed by atoms with van der Waals surface area (Å²) in [5, 5.41) is 4.12. The number of thiazole rings is 1. The summed E-state index contributed by atoms with van der Waals surface area (Å²) in [6.07, 6.45) is 7.32. The zero-order chi connectivity index (χ0) is 14.7. The average Bonchev–Trinajstić information content (AvgIpc) is 3.19. The lowest BCUT2D eigenvalue weighted by molar-refractivity contribution is 0.0521. The van der Waals surface area contributed by atoms with E-state index in [0.717, 1.165) is 50.3 Å². The van der Waals surface area contributed by atoms with E-state index >= 15 is 0 Å². The van der Waals surface area contributed by atoms with E-state index in [1.807, 2.05) is 11.1 Å². The summed E-state index contributed by atoms with van der Waals surface area (Å²) in [7, 11) is 0. The molecule has 1 N–H and O–H groups in total. The first-order valence-corrected chi connectivity index (χ1v) is 8.63. The smallest absolute Gasteiger partial charge is 0.317 e. The van der Waals surface area contributed by atoms with Crippen molar-refractivity contribution in [1.29, 1.82) is 0 Å². The molecule has 2 fully saturated rings. The predicted octanol–water partition coefficient (Wildman–Crippen LogP) is 2.35. The number of likely N-dealkylation sites (tertiary alicyclic amines) is 1. The van der Waals surface area contributed by atoms with E-state index in [0.29, 0.717) is 6.54 Å². The average molecular weight is 309 g/mol. The van der Waals surface area contributed by atoms with Crippen molar-refractivity contribution < 1.29 is 9.53 Å². The maximum atomic E-state index is 12.4. The quantitative estimate of drug-likeness (QED) is 0.929. The molecule has 2 aliphatic rings. The van der Waals surface area contributed by atoms with Gasteiger partial charge in [-0.3, -0.25) is 0 Å². The summed E-state index contributed by atoms with van der Waals surface area (Å²) in [6.45, 7) is 4.41. The molecule has 3 heterocycles. The van der Waals surface area contributed by atoms with Crippen molar-refractivity contribution in [3.63, 3.8) is 0 Å². The maximum Gasteiger partial charge on any atom is 0.317 e. The van der Waals surface area contributed by atoms with Crippen LogP contribution in [-0.4, -0.2) is 47.8 Å². The van der Waals surface area contributed by atoms with Gasteiger partial charge in [-0.2, -0.15) is 0 Å². The molecule has 6 heteroatoms. The van der Waals surface area contributed by atoms with Crippen LogP contribution in [-0.2, 0) is 11.2 Å². The zero-order valence-electron chi connectivity index (χ0n) is 12.5. The van der Waals surface area contributed by atoms with Gasteiger partial charge < -0.3 is 15.0 Å². The number of aromatic nitrogens is 1.